The quantitative estimate of drug-likeness (QED) is 0.683. The molecule has 0 saturated carbocycles. The van der Waals surface area contributed by atoms with E-state index in [1.165, 1.54) is 23.9 Å². The zero-order chi connectivity index (χ0) is 17.1. The SMILES string of the molecule is CCn1c(=O)c(C(=O)Oc2ccc(OC)nc2)cc2cccnc21. The lowest BCUT2D eigenvalue weighted by atomic mass is 10.2. The Balaban J connectivity index is 2.00. The molecule has 0 aliphatic heterocycles. The zero-order valence-corrected chi connectivity index (χ0v) is 13.2. The van der Waals surface area contributed by atoms with E-state index in [1.54, 1.807) is 30.5 Å². The van der Waals surface area contributed by atoms with E-state index < -0.39 is 11.5 Å². The van der Waals surface area contributed by atoms with Gasteiger partial charge in [0.25, 0.3) is 5.56 Å². The number of nitrogens with zero attached hydrogens (tertiary/aromatic N) is 3. The van der Waals surface area contributed by atoms with Gasteiger partial charge in [-0.25, -0.2) is 14.8 Å². The molecule has 7 nitrogen and oxygen atoms in total. The summed E-state index contributed by atoms with van der Waals surface area (Å²) in [5, 5.41) is 0.693. The van der Waals surface area contributed by atoms with Crippen molar-refractivity contribution in [3.8, 4) is 11.6 Å². The minimum absolute atomic E-state index is 0.0480. The van der Waals surface area contributed by atoms with Crippen LogP contribution in [0.25, 0.3) is 11.0 Å². The molecule has 0 aromatic carbocycles. The van der Waals surface area contributed by atoms with Crippen molar-refractivity contribution in [2.45, 2.75) is 13.5 Å². The fourth-order valence-electron chi connectivity index (χ4n) is 2.36. The maximum atomic E-state index is 12.5. The zero-order valence-electron chi connectivity index (χ0n) is 13.2. The third-order valence-electron chi connectivity index (χ3n) is 3.51. The minimum atomic E-state index is -0.736. The first-order valence-corrected chi connectivity index (χ1v) is 7.35. The average molecular weight is 325 g/mol. The van der Waals surface area contributed by atoms with Gasteiger partial charge in [0.15, 0.2) is 0 Å². The van der Waals surface area contributed by atoms with E-state index in [0.717, 1.165) is 0 Å². The molecule has 0 fully saturated rings. The fraction of sp³-hybridized carbons (Fsp3) is 0.176. The summed E-state index contributed by atoms with van der Waals surface area (Å²) in [6.07, 6.45) is 2.96. The predicted octanol–water partition coefficient (Wildman–Crippen LogP) is 2.04. The molecule has 0 bridgehead atoms. The van der Waals surface area contributed by atoms with Gasteiger partial charge in [0.1, 0.15) is 17.0 Å². The van der Waals surface area contributed by atoms with E-state index in [4.69, 9.17) is 9.47 Å². The standard InChI is InChI=1S/C17H15N3O4/c1-3-20-15-11(5-4-8-18-15)9-13(16(20)21)17(22)24-12-6-7-14(23-2)19-10-12/h4-10H,3H2,1-2H3. The van der Waals surface area contributed by atoms with Gasteiger partial charge in [0.2, 0.25) is 5.88 Å². The van der Waals surface area contributed by atoms with Crippen LogP contribution in [-0.2, 0) is 6.54 Å². The Morgan fingerprint density at radius 3 is 2.75 bits per heavy atom. The van der Waals surface area contributed by atoms with Crippen molar-refractivity contribution in [3.63, 3.8) is 0 Å². The van der Waals surface area contributed by atoms with E-state index >= 15 is 0 Å². The van der Waals surface area contributed by atoms with E-state index in [9.17, 15) is 9.59 Å². The highest BCUT2D eigenvalue weighted by molar-refractivity contribution is 5.94. The molecule has 3 heterocycles. The molecule has 0 radical (unpaired) electrons. The predicted molar refractivity (Wildman–Crippen MR) is 87.4 cm³/mol. The summed E-state index contributed by atoms with van der Waals surface area (Å²) in [4.78, 5) is 33.1. The van der Waals surface area contributed by atoms with Crippen LogP contribution in [0.15, 0.2) is 47.5 Å². The normalized spacial score (nSPS) is 10.6. The van der Waals surface area contributed by atoms with Crippen LogP contribution >= 0.6 is 0 Å². The van der Waals surface area contributed by atoms with Gasteiger partial charge in [-0.15, -0.1) is 0 Å². The maximum Gasteiger partial charge on any atom is 0.349 e. The number of pyridine rings is 3. The van der Waals surface area contributed by atoms with Crippen molar-refractivity contribution in [3.05, 3.63) is 58.6 Å². The first-order chi connectivity index (χ1) is 11.6. The molecule has 0 spiro atoms. The Morgan fingerprint density at radius 2 is 2.08 bits per heavy atom. The van der Waals surface area contributed by atoms with Crippen LogP contribution in [0, 0.1) is 0 Å². The number of carbonyl (C=O) groups is 1. The summed E-state index contributed by atoms with van der Waals surface area (Å²) in [5.74, 6) is -0.102. The van der Waals surface area contributed by atoms with Crippen LogP contribution < -0.4 is 15.0 Å². The Labute approximate surface area is 137 Å². The maximum absolute atomic E-state index is 12.5. The highest BCUT2D eigenvalue weighted by atomic mass is 16.5. The molecule has 0 amide bonds. The number of fused-ring (bicyclic) bond motifs is 1. The Kier molecular flexibility index (Phi) is 4.24. The second-order valence-corrected chi connectivity index (χ2v) is 4.95. The monoisotopic (exact) mass is 325 g/mol. The summed E-state index contributed by atoms with van der Waals surface area (Å²) in [5.41, 5.74) is 0.0519. The van der Waals surface area contributed by atoms with Crippen LogP contribution in [0.2, 0.25) is 0 Å². The van der Waals surface area contributed by atoms with Gasteiger partial charge in [-0.2, -0.15) is 0 Å². The van der Waals surface area contributed by atoms with Gasteiger partial charge >= 0.3 is 5.97 Å². The van der Waals surface area contributed by atoms with Crippen molar-refractivity contribution in [1.82, 2.24) is 14.5 Å². The molecule has 0 aliphatic carbocycles. The largest absolute Gasteiger partial charge is 0.481 e. The van der Waals surface area contributed by atoms with E-state index in [-0.39, 0.29) is 11.3 Å². The number of hydrogen-bond donors (Lipinski definition) is 0. The molecule has 0 unspecified atom stereocenters. The third kappa shape index (κ3) is 2.83. The van der Waals surface area contributed by atoms with Crippen LogP contribution in [0.3, 0.4) is 0 Å². The van der Waals surface area contributed by atoms with Crippen LogP contribution in [0.4, 0.5) is 0 Å². The number of hydrogen-bond acceptors (Lipinski definition) is 6. The van der Waals surface area contributed by atoms with Crippen molar-refractivity contribution < 1.29 is 14.3 Å². The van der Waals surface area contributed by atoms with Crippen LogP contribution in [0.5, 0.6) is 11.6 Å². The Bertz CT molecular complexity index is 948. The first-order valence-electron chi connectivity index (χ1n) is 7.35. The number of ether oxygens (including phenoxy) is 2. The average Bonchev–Trinajstić information content (AvgIpc) is 2.61. The van der Waals surface area contributed by atoms with Gasteiger partial charge in [-0.05, 0) is 31.2 Å². The summed E-state index contributed by atoms with van der Waals surface area (Å²) in [7, 11) is 1.49. The lowest BCUT2D eigenvalue weighted by molar-refractivity contribution is 0.0731. The second kappa shape index (κ2) is 6.49. The first kappa shape index (κ1) is 15.7. The summed E-state index contributed by atoms with van der Waals surface area (Å²) >= 11 is 0. The smallest absolute Gasteiger partial charge is 0.349 e. The lowest BCUT2D eigenvalue weighted by Gasteiger charge is -2.10. The lowest BCUT2D eigenvalue weighted by Crippen LogP contribution is -2.28. The number of aromatic nitrogens is 3. The fourth-order valence-corrected chi connectivity index (χ4v) is 2.36. The summed E-state index contributed by atoms with van der Waals surface area (Å²) in [6, 6.07) is 8.15. The Morgan fingerprint density at radius 1 is 1.25 bits per heavy atom. The molecule has 3 rings (SSSR count). The number of esters is 1. The molecule has 7 heteroatoms. The van der Waals surface area contributed by atoms with Gasteiger partial charge in [0, 0.05) is 24.2 Å². The molecule has 0 atom stereocenters. The van der Waals surface area contributed by atoms with Crippen molar-refractivity contribution in [2.24, 2.45) is 0 Å². The molecule has 3 aromatic rings. The Hall–Kier alpha value is -3.22. The summed E-state index contributed by atoms with van der Waals surface area (Å²) in [6.45, 7) is 2.22. The molecule has 0 N–H and O–H groups in total. The topological polar surface area (TPSA) is 83.3 Å². The number of methoxy groups -OCH3 is 1. The van der Waals surface area contributed by atoms with E-state index in [1.807, 2.05) is 6.92 Å². The van der Waals surface area contributed by atoms with Crippen molar-refractivity contribution >= 4 is 17.0 Å². The number of carbonyl (C=O) groups excluding carboxylic acids is 1. The minimum Gasteiger partial charge on any atom is -0.481 e. The van der Waals surface area contributed by atoms with E-state index in [0.29, 0.717) is 23.5 Å². The molecule has 122 valence electrons. The molecule has 3 aromatic heterocycles. The highest BCUT2D eigenvalue weighted by Gasteiger charge is 2.17. The van der Waals surface area contributed by atoms with Crippen LogP contribution in [-0.4, -0.2) is 27.6 Å². The molecular formula is C17H15N3O4. The van der Waals surface area contributed by atoms with Gasteiger partial charge in [-0.1, -0.05) is 0 Å². The van der Waals surface area contributed by atoms with E-state index in [2.05, 4.69) is 9.97 Å². The molecular weight excluding hydrogens is 310 g/mol. The summed E-state index contributed by atoms with van der Waals surface area (Å²) < 4.78 is 11.6. The molecule has 0 aliphatic rings. The van der Waals surface area contributed by atoms with Gasteiger partial charge in [-0.3, -0.25) is 9.36 Å². The van der Waals surface area contributed by atoms with Gasteiger partial charge in [0.05, 0.1) is 13.3 Å². The van der Waals surface area contributed by atoms with Crippen molar-refractivity contribution in [1.29, 1.82) is 0 Å². The van der Waals surface area contributed by atoms with Gasteiger partial charge < -0.3 is 9.47 Å². The molecule has 24 heavy (non-hydrogen) atoms. The number of rotatable bonds is 4. The molecule has 0 saturated heterocycles. The van der Waals surface area contributed by atoms with Crippen molar-refractivity contribution in [2.75, 3.05) is 7.11 Å². The second-order valence-electron chi connectivity index (χ2n) is 4.95. The third-order valence-corrected chi connectivity index (χ3v) is 3.51. The highest BCUT2D eigenvalue weighted by Crippen LogP contribution is 2.16. The number of aryl methyl sites for hydroxylation is 1. The van der Waals surface area contributed by atoms with Crippen LogP contribution in [0.1, 0.15) is 17.3 Å².